The Morgan fingerprint density at radius 2 is 1.75 bits per heavy atom. The number of hydrogen-bond donors (Lipinski definition) is 1. The fraction of sp³-hybridized carbons (Fsp3) is 0.190. The standard InChI is InChI=1S/C21H20N2O4S/c1-27-16-11-9-15(10-12-16)22-18-14-20(19-8-5-13-23(19)21(18)24)28(25,26)17-6-3-2-4-7-17/h2-4,6-7,9-12,14,22H,5,8,13H2,1H3. The third kappa shape index (κ3) is 3.18. The summed E-state index contributed by atoms with van der Waals surface area (Å²) in [6.45, 7) is 0.517. The Morgan fingerprint density at radius 3 is 2.43 bits per heavy atom. The van der Waals surface area contributed by atoms with Gasteiger partial charge in [0.1, 0.15) is 11.4 Å². The molecule has 0 radical (unpaired) electrons. The normalized spacial score (nSPS) is 13.2. The highest BCUT2D eigenvalue weighted by molar-refractivity contribution is 7.91. The Bertz CT molecular complexity index is 1170. The van der Waals surface area contributed by atoms with Gasteiger partial charge in [-0.3, -0.25) is 4.79 Å². The molecular formula is C21H20N2O4S. The van der Waals surface area contributed by atoms with Crippen molar-refractivity contribution in [3.8, 4) is 5.75 Å². The summed E-state index contributed by atoms with van der Waals surface area (Å²) in [7, 11) is -2.15. The molecule has 2 aromatic carbocycles. The van der Waals surface area contributed by atoms with E-state index in [1.54, 1.807) is 66.3 Å². The highest BCUT2D eigenvalue weighted by Gasteiger charge is 2.28. The lowest BCUT2D eigenvalue weighted by molar-refractivity contribution is 0.415. The van der Waals surface area contributed by atoms with E-state index in [2.05, 4.69) is 5.32 Å². The van der Waals surface area contributed by atoms with Crippen LogP contribution < -0.4 is 15.6 Å². The van der Waals surface area contributed by atoms with E-state index in [0.717, 1.165) is 6.42 Å². The van der Waals surface area contributed by atoms with Crippen molar-refractivity contribution in [3.05, 3.63) is 76.7 Å². The molecule has 2 heterocycles. The number of nitrogens with one attached hydrogen (secondary N) is 1. The monoisotopic (exact) mass is 396 g/mol. The molecule has 1 aliphatic rings. The van der Waals surface area contributed by atoms with Crippen LogP contribution in [-0.4, -0.2) is 20.1 Å². The van der Waals surface area contributed by atoms with Crippen LogP contribution in [0.5, 0.6) is 5.75 Å². The Morgan fingerprint density at radius 1 is 1.04 bits per heavy atom. The van der Waals surface area contributed by atoms with Crippen molar-refractivity contribution in [1.29, 1.82) is 0 Å². The number of pyridine rings is 1. The number of ether oxygens (including phenoxy) is 1. The van der Waals surface area contributed by atoms with Crippen molar-refractivity contribution in [2.75, 3.05) is 12.4 Å². The summed E-state index contributed by atoms with van der Waals surface area (Å²) in [4.78, 5) is 13.3. The molecule has 0 aliphatic carbocycles. The number of rotatable bonds is 5. The van der Waals surface area contributed by atoms with E-state index >= 15 is 0 Å². The fourth-order valence-electron chi connectivity index (χ4n) is 3.46. The summed E-state index contributed by atoms with van der Waals surface area (Å²) in [5, 5.41) is 3.06. The van der Waals surface area contributed by atoms with Crippen LogP contribution in [0.3, 0.4) is 0 Å². The molecule has 7 heteroatoms. The zero-order valence-corrected chi connectivity index (χ0v) is 16.2. The second-order valence-electron chi connectivity index (χ2n) is 6.60. The van der Waals surface area contributed by atoms with Crippen molar-refractivity contribution < 1.29 is 13.2 Å². The van der Waals surface area contributed by atoms with Gasteiger partial charge < -0.3 is 14.6 Å². The third-order valence-electron chi connectivity index (χ3n) is 4.87. The number of anilines is 2. The number of aromatic nitrogens is 1. The lowest BCUT2D eigenvalue weighted by Gasteiger charge is -2.15. The molecule has 144 valence electrons. The smallest absolute Gasteiger partial charge is 0.274 e. The summed E-state index contributed by atoms with van der Waals surface area (Å²) in [5.74, 6) is 0.698. The first-order valence-corrected chi connectivity index (χ1v) is 10.5. The molecule has 3 aromatic rings. The largest absolute Gasteiger partial charge is 0.497 e. The molecule has 4 rings (SSSR count). The first-order valence-electron chi connectivity index (χ1n) is 8.98. The zero-order valence-electron chi connectivity index (χ0n) is 15.4. The van der Waals surface area contributed by atoms with Crippen LogP contribution >= 0.6 is 0 Å². The topological polar surface area (TPSA) is 77.4 Å². The SMILES string of the molecule is COc1ccc(Nc2cc(S(=O)(=O)c3ccccc3)c3n(c2=O)CCC3)cc1. The van der Waals surface area contributed by atoms with Gasteiger partial charge in [-0.1, -0.05) is 18.2 Å². The molecule has 28 heavy (non-hydrogen) atoms. The molecule has 1 aliphatic heterocycles. The van der Waals surface area contributed by atoms with Crippen LogP contribution in [-0.2, 0) is 22.8 Å². The molecule has 0 fully saturated rings. The van der Waals surface area contributed by atoms with Gasteiger partial charge in [0.2, 0.25) is 9.84 Å². The van der Waals surface area contributed by atoms with E-state index in [0.29, 0.717) is 30.1 Å². The van der Waals surface area contributed by atoms with Crippen LogP contribution in [0, 0.1) is 0 Å². The van der Waals surface area contributed by atoms with Gasteiger partial charge in [-0.05, 0) is 55.3 Å². The number of sulfone groups is 1. The highest BCUT2D eigenvalue weighted by Crippen LogP contribution is 2.30. The number of methoxy groups -OCH3 is 1. The van der Waals surface area contributed by atoms with E-state index in [4.69, 9.17) is 4.74 Å². The molecular weight excluding hydrogens is 376 g/mol. The van der Waals surface area contributed by atoms with Crippen molar-refractivity contribution in [1.82, 2.24) is 4.57 Å². The molecule has 0 unspecified atom stereocenters. The molecule has 0 amide bonds. The van der Waals surface area contributed by atoms with Crippen LogP contribution in [0.2, 0.25) is 0 Å². The minimum atomic E-state index is -3.73. The Balaban J connectivity index is 1.83. The zero-order chi connectivity index (χ0) is 19.7. The van der Waals surface area contributed by atoms with Crippen LogP contribution in [0.4, 0.5) is 11.4 Å². The van der Waals surface area contributed by atoms with Crippen LogP contribution in [0.15, 0.2) is 75.2 Å². The Hall–Kier alpha value is -3.06. The highest BCUT2D eigenvalue weighted by atomic mass is 32.2. The Kier molecular flexibility index (Phi) is 4.68. The van der Waals surface area contributed by atoms with E-state index < -0.39 is 9.84 Å². The van der Waals surface area contributed by atoms with E-state index in [1.165, 1.54) is 6.07 Å². The maximum Gasteiger partial charge on any atom is 0.274 e. The first kappa shape index (κ1) is 18.3. The average molecular weight is 396 g/mol. The number of nitrogens with zero attached hydrogens (tertiary/aromatic N) is 1. The molecule has 0 bridgehead atoms. The van der Waals surface area contributed by atoms with Gasteiger partial charge in [0, 0.05) is 17.9 Å². The van der Waals surface area contributed by atoms with E-state index in [1.807, 2.05) is 0 Å². The lowest BCUT2D eigenvalue weighted by atomic mass is 10.2. The van der Waals surface area contributed by atoms with Gasteiger partial charge in [0.05, 0.1) is 16.9 Å². The van der Waals surface area contributed by atoms with Crippen molar-refractivity contribution in [2.24, 2.45) is 0 Å². The molecule has 1 N–H and O–H groups in total. The molecule has 6 nitrogen and oxygen atoms in total. The summed E-state index contributed by atoms with van der Waals surface area (Å²) in [5.41, 5.74) is 1.29. The molecule has 0 saturated carbocycles. The quantitative estimate of drug-likeness (QED) is 0.715. The van der Waals surface area contributed by atoms with Crippen LogP contribution in [0.25, 0.3) is 0 Å². The van der Waals surface area contributed by atoms with Crippen LogP contribution in [0.1, 0.15) is 12.1 Å². The van der Waals surface area contributed by atoms with E-state index in [-0.39, 0.29) is 21.0 Å². The third-order valence-corrected chi connectivity index (χ3v) is 6.69. The summed E-state index contributed by atoms with van der Waals surface area (Å²) < 4.78 is 33.2. The first-order chi connectivity index (χ1) is 13.5. The summed E-state index contributed by atoms with van der Waals surface area (Å²) in [6, 6.07) is 16.9. The average Bonchev–Trinajstić information content (AvgIpc) is 3.21. The van der Waals surface area contributed by atoms with Gasteiger partial charge >= 0.3 is 0 Å². The van der Waals surface area contributed by atoms with Gasteiger partial charge in [0.15, 0.2) is 0 Å². The molecule has 0 saturated heterocycles. The maximum atomic E-state index is 13.2. The number of hydrogen-bond acceptors (Lipinski definition) is 5. The maximum absolute atomic E-state index is 13.2. The molecule has 0 atom stereocenters. The van der Waals surface area contributed by atoms with Crippen molar-refractivity contribution in [2.45, 2.75) is 29.2 Å². The van der Waals surface area contributed by atoms with E-state index in [9.17, 15) is 13.2 Å². The van der Waals surface area contributed by atoms with Gasteiger partial charge in [-0.2, -0.15) is 0 Å². The predicted molar refractivity (Wildman–Crippen MR) is 107 cm³/mol. The van der Waals surface area contributed by atoms with Crippen molar-refractivity contribution >= 4 is 21.2 Å². The second kappa shape index (κ2) is 7.16. The second-order valence-corrected chi connectivity index (χ2v) is 8.52. The predicted octanol–water partition coefficient (Wildman–Crippen LogP) is 3.38. The van der Waals surface area contributed by atoms with Gasteiger partial charge in [-0.25, -0.2) is 8.42 Å². The number of fused-ring (bicyclic) bond motifs is 1. The minimum absolute atomic E-state index is 0.187. The minimum Gasteiger partial charge on any atom is -0.497 e. The Labute approximate surface area is 163 Å². The fourth-order valence-corrected chi connectivity index (χ4v) is 5.02. The van der Waals surface area contributed by atoms with Gasteiger partial charge in [-0.15, -0.1) is 0 Å². The number of benzene rings is 2. The summed E-state index contributed by atoms with van der Waals surface area (Å²) >= 11 is 0. The molecule has 0 spiro atoms. The lowest BCUT2D eigenvalue weighted by Crippen LogP contribution is -2.24. The van der Waals surface area contributed by atoms with Gasteiger partial charge in [0.25, 0.3) is 5.56 Å². The molecule has 1 aromatic heterocycles. The summed E-state index contributed by atoms with van der Waals surface area (Å²) in [6.07, 6.45) is 1.32. The van der Waals surface area contributed by atoms with Crippen molar-refractivity contribution in [3.63, 3.8) is 0 Å².